The number of carbonyl (C=O) groups is 3. The number of hydrogen-bond donors (Lipinski definition) is 3. The van der Waals surface area contributed by atoms with Crippen molar-refractivity contribution in [2.75, 3.05) is 7.11 Å². The van der Waals surface area contributed by atoms with Crippen LogP contribution in [0.15, 0.2) is 27.8 Å². The van der Waals surface area contributed by atoms with Gasteiger partial charge < -0.3 is 14.8 Å². The quantitative estimate of drug-likeness (QED) is 0.359. The van der Waals surface area contributed by atoms with E-state index in [0.29, 0.717) is 42.1 Å². The Hall–Kier alpha value is -2.87. The summed E-state index contributed by atoms with van der Waals surface area (Å²) >= 11 is 3.33. The first kappa shape index (κ1) is 26.7. The molecule has 1 fully saturated rings. The Balaban J connectivity index is 1.72. The molecule has 1 spiro atoms. The smallest absolute Gasteiger partial charge is 0.435 e. The van der Waals surface area contributed by atoms with Gasteiger partial charge in [-0.3, -0.25) is 14.4 Å². The average molecular weight is 565 g/mol. The summed E-state index contributed by atoms with van der Waals surface area (Å²) < 4.78 is 48.3. The lowest BCUT2D eigenvalue weighted by molar-refractivity contribution is -0.274. The molecule has 1 aliphatic heterocycles. The molecule has 14 heteroatoms. The van der Waals surface area contributed by atoms with Gasteiger partial charge in [-0.15, -0.1) is 13.2 Å². The third kappa shape index (κ3) is 6.84. The maximum absolute atomic E-state index is 12.7. The van der Waals surface area contributed by atoms with Gasteiger partial charge in [0.1, 0.15) is 11.5 Å². The SMILES string of the molecule is CONC(=O)C(=O)N[C@@H](C)CC1CCC2(CC1)OC(=O)NN=C2c1cc(OC(F)(F)F)ccc1Br. The third-order valence-electron chi connectivity index (χ3n) is 5.78. The van der Waals surface area contributed by atoms with Crippen molar-refractivity contribution in [3.63, 3.8) is 0 Å². The number of nitrogens with one attached hydrogen (secondary N) is 3. The number of nitrogens with zero attached hydrogens (tertiary/aromatic N) is 1. The molecule has 0 saturated heterocycles. The van der Waals surface area contributed by atoms with Crippen molar-refractivity contribution in [1.29, 1.82) is 0 Å². The van der Waals surface area contributed by atoms with Crippen LogP contribution >= 0.6 is 15.9 Å². The molecule has 10 nitrogen and oxygen atoms in total. The first-order valence-corrected chi connectivity index (χ1v) is 11.5. The number of hydrogen-bond acceptors (Lipinski definition) is 7. The van der Waals surface area contributed by atoms with Crippen LogP contribution in [0.4, 0.5) is 18.0 Å². The average Bonchev–Trinajstić information content (AvgIpc) is 2.76. The van der Waals surface area contributed by atoms with E-state index in [4.69, 9.17) is 4.74 Å². The second-order valence-electron chi connectivity index (χ2n) is 8.33. The van der Waals surface area contributed by atoms with Crippen LogP contribution in [0.5, 0.6) is 5.75 Å². The molecule has 1 saturated carbocycles. The van der Waals surface area contributed by atoms with E-state index >= 15 is 0 Å². The second kappa shape index (κ2) is 10.8. The summed E-state index contributed by atoms with van der Waals surface area (Å²) in [6.07, 6.45) is -3.14. The monoisotopic (exact) mass is 564 g/mol. The second-order valence-corrected chi connectivity index (χ2v) is 9.19. The van der Waals surface area contributed by atoms with E-state index in [-0.39, 0.29) is 17.7 Å². The Labute approximate surface area is 207 Å². The number of hydroxylamine groups is 1. The highest BCUT2D eigenvalue weighted by Crippen LogP contribution is 2.42. The zero-order valence-electron chi connectivity index (χ0n) is 18.8. The molecular weight excluding hydrogens is 541 g/mol. The van der Waals surface area contributed by atoms with Gasteiger partial charge in [-0.25, -0.2) is 15.7 Å². The van der Waals surface area contributed by atoms with Crippen molar-refractivity contribution in [3.8, 4) is 5.75 Å². The standard InChI is InChI=1S/C21H24BrF3N4O6/c1-11(26-17(30)18(31)29-33-2)9-12-5-7-20(8-6-12)16(27-28-19(32)35-20)14-10-13(3-4-15(14)22)34-21(23,24)25/h3-4,10-12H,5-9H2,1-2H3,(H,26,30)(H,28,32)(H,29,31)/t11-,12?,20?/m0/s1. The first-order valence-electron chi connectivity index (χ1n) is 10.7. The number of alkyl halides is 3. The van der Waals surface area contributed by atoms with Gasteiger partial charge in [0.05, 0.1) is 7.11 Å². The lowest BCUT2D eigenvalue weighted by Gasteiger charge is -2.42. The minimum absolute atomic E-state index is 0.139. The number of carbonyl (C=O) groups excluding carboxylic acids is 3. The van der Waals surface area contributed by atoms with E-state index < -0.39 is 35.6 Å². The van der Waals surface area contributed by atoms with Crippen LogP contribution in [0.3, 0.4) is 0 Å². The molecule has 0 aromatic heterocycles. The molecule has 1 aromatic rings. The van der Waals surface area contributed by atoms with E-state index in [1.165, 1.54) is 19.2 Å². The first-order chi connectivity index (χ1) is 16.4. The van der Waals surface area contributed by atoms with Crippen molar-refractivity contribution >= 4 is 39.5 Å². The van der Waals surface area contributed by atoms with Crippen molar-refractivity contribution < 1.29 is 41.9 Å². The molecule has 192 valence electrons. The van der Waals surface area contributed by atoms with Crippen molar-refractivity contribution in [1.82, 2.24) is 16.2 Å². The van der Waals surface area contributed by atoms with Gasteiger partial charge in [-0.2, -0.15) is 5.10 Å². The van der Waals surface area contributed by atoms with Crippen LogP contribution in [-0.4, -0.2) is 48.7 Å². The molecule has 3 rings (SSSR count). The molecule has 35 heavy (non-hydrogen) atoms. The summed E-state index contributed by atoms with van der Waals surface area (Å²) in [5.41, 5.74) is 3.63. The summed E-state index contributed by atoms with van der Waals surface area (Å²) in [5.74, 6) is -2.02. The highest BCUT2D eigenvalue weighted by Gasteiger charge is 2.47. The largest absolute Gasteiger partial charge is 0.573 e. The maximum atomic E-state index is 12.7. The number of halogens is 4. The van der Waals surface area contributed by atoms with Crippen molar-refractivity contribution in [3.05, 3.63) is 28.2 Å². The molecule has 3 amide bonds. The van der Waals surface area contributed by atoms with Gasteiger partial charge in [-0.05, 0) is 63.1 Å². The Kier molecular flexibility index (Phi) is 8.26. The summed E-state index contributed by atoms with van der Waals surface area (Å²) in [5, 5.41) is 6.73. The van der Waals surface area contributed by atoms with Crippen LogP contribution in [0.2, 0.25) is 0 Å². The van der Waals surface area contributed by atoms with Gasteiger partial charge in [0, 0.05) is 16.1 Å². The van der Waals surface area contributed by atoms with Crippen LogP contribution in [0.1, 0.15) is 44.6 Å². The van der Waals surface area contributed by atoms with E-state index in [2.05, 4.69) is 41.3 Å². The number of hydrazone groups is 1. The minimum Gasteiger partial charge on any atom is -0.435 e. The Bertz CT molecular complexity index is 1010. The molecule has 1 heterocycles. The molecular formula is C21H24BrF3N4O6. The van der Waals surface area contributed by atoms with Crippen molar-refractivity contribution in [2.24, 2.45) is 11.0 Å². The topological polar surface area (TPSA) is 127 Å². The highest BCUT2D eigenvalue weighted by atomic mass is 79.9. The normalized spacial score (nSPS) is 23.0. The van der Waals surface area contributed by atoms with E-state index in [9.17, 15) is 27.6 Å². The van der Waals surface area contributed by atoms with Crippen LogP contribution in [0, 0.1) is 5.92 Å². The minimum atomic E-state index is -4.86. The summed E-state index contributed by atoms with van der Waals surface area (Å²) in [6, 6.07) is 3.45. The maximum Gasteiger partial charge on any atom is 0.573 e. The number of ether oxygens (including phenoxy) is 2. The lowest BCUT2D eigenvalue weighted by Crippen LogP contribution is -2.52. The van der Waals surface area contributed by atoms with E-state index in [0.717, 1.165) is 6.07 Å². The Morgan fingerprint density at radius 2 is 2.00 bits per heavy atom. The Morgan fingerprint density at radius 3 is 2.63 bits per heavy atom. The molecule has 0 unspecified atom stereocenters. The van der Waals surface area contributed by atoms with Gasteiger partial charge >= 0.3 is 24.3 Å². The van der Waals surface area contributed by atoms with E-state index in [1.807, 2.05) is 5.48 Å². The van der Waals surface area contributed by atoms with Gasteiger partial charge in [0.2, 0.25) is 0 Å². The zero-order valence-corrected chi connectivity index (χ0v) is 20.4. The predicted molar refractivity (Wildman–Crippen MR) is 119 cm³/mol. The molecule has 0 bridgehead atoms. The van der Waals surface area contributed by atoms with Gasteiger partial charge in [0.25, 0.3) is 0 Å². The summed E-state index contributed by atoms with van der Waals surface area (Å²) in [4.78, 5) is 39.8. The van der Waals surface area contributed by atoms with Crippen LogP contribution < -0.4 is 21.0 Å². The fourth-order valence-electron chi connectivity index (χ4n) is 4.35. The van der Waals surface area contributed by atoms with Crippen LogP contribution in [0.25, 0.3) is 0 Å². The molecule has 3 N–H and O–H groups in total. The van der Waals surface area contributed by atoms with E-state index in [1.54, 1.807) is 6.92 Å². The number of benzene rings is 1. The van der Waals surface area contributed by atoms with Gasteiger partial charge in [0.15, 0.2) is 5.60 Å². The summed E-state index contributed by atoms with van der Waals surface area (Å²) in [6.45, 7) is 1.77. The predicted octanol–water partition coefficient (Wildman–Crippen LogP) is 3.29. The number of rotatable bonds is 6. The Morgan fingerprint density at radius 1 is 1.31 bits per heavy atom. The summed E-state index contributed by atoms with van der Waals surface area (Å²) in [7, 11) is 1.22. The molecule has 1 aromatic carbocycles. The molecule has 1 atom stereocenters. The van der Waals surface area contributed by atoms with Gasteiger partial charge in [-0.1, -0.05) is 15.9 Å². The fourth-order valence-corrected chi connectivity index (χ4v) is 4.78. The third-order valence-corrected chi connectivity index (χ3v) is 6.47. The highest BCUT2D eigenvalue weighted by molar-refractivity contribution is 9.10. The molecule has 0 radical (unpaired) electrons. The molecule has 2 aliphatic rings. The fraction of sp³-hybridized carbons (Fsp3) is 0.524. The number of amides is 3. The van der Waals surface area contributed by atoms with Crippen LogP contribution in [-0.2, 0) is 19.2 Å². The molecule has 1 aliphatic carbocycles. The zero-order chi connectivity index (χ0) is 25.8. The van der Waals surface area contributed by atoms with Crippen molar-refractivity contribution in [2.45, 2.75) is 57.0 Å². The lowest BCUT2D eigenvalue weighted by atomic mass is 9.73.